The van der Waals surface area contributed by atoms with Crippen molar-refractivity contribution in [2.75, 3.05) is 18.5 Å². The van der Waals surface area contributed by atoms with Crippen molar-refractivity contribution in [3.05, 3.63) is 66.2 Å². The van der Waals surface area contributed by atoms with E-state index in [9.17, 15) is 5.11 Å². The van der Waals surface area contributed by atoms with Gasteiger partial charge in [-0.2, -0.15) is 0 Å². The number of hydrogen-bond donors (Lipinski definition) is 2. The number of hydrogen-bond acceptors (Lipinski definition) is 7. The van der Waals surface area contributed by atoms with E-state index in [0.29, 0.717) is 30.7 Å². The fourth-order valence-corrected chi connectivity index (χ4v) is 3.33. The summed E-state index contributed by atoms with van der Waals surface area (Å²) in [5, 5.41) is 18.1. The van der Waals surface area contributed by atoms with Gasteiger partial charge in [-0.3, -0.25) is 0 Å². The highest BCUT2D eigenvalue weighted by molar-refractivity contribution is 5.55. The first-order chi connectivity index (χ1) is 14.9. The molecule has 2 N–H and O–H groups in total. The quantitative estimate of drug-likeness (QED) is 0.534. The molecule has 0 spiro atoms. The summed E-state index contributed by atoms with van der Waals surface area (Å²) in [7, 11) is 0. The molecule has 1 aromatic heterocycles. The minimum atomic E-state index is -1.28. The average Bonchev–Trinajstić information content (AvgIpc) is 3.27. The molecule has 0 amide bonds. The van der Waals surface area contributed by atoms with E-state index in [2.05, 4.69) is 10.4 Å². The number of nitrogens with zero attached hydrogens (tertiary/aromatic N) is 2. The molecule has 0 aliphatic carbocycles. The number of anilines is 1. The first kappa shape index (κ1) is 21.2. The minimum absolute atomic E-state index is 0.181. The van der Waals surface area contributed by atoms with Gasteiger partial charge in [-0.1, -0.05) is 36.4 Å². The summed E-state index contributed by atoms with van der Waals surface area (Å²) < 4.78 is 24.6. The Kier molecular flexibility index (Phi) is 6.13. The van der Waals surface area contributed by atoms with Crippen LogP contribution < -0.4 is 14.8 Å². The van der Waals surface area contributed by atoms with Gasteiger partial charge in [0.25, 0.3) is 6.41 Å². The normalized spacial score (nSPS) is 18.5. The van der Waals surface area contributed by atoms with E-state index in [1.165, 1.54) is 0 Å². The van der Waals surface area contributed by atoms with Crippen LogP contribution in [0.25, 0.3) is 5.69 Å². The summed E-state index contributed by atoms with van der Waals surface area (Å²) in [6.07, 6.45) is -1.46. The molecule has 1 aliphatic heterocycles. The number of aromatic nitrogens is 2. The van der Waals surface area contributed by atoms with Crippen molar-refractivity contribution in [3.63, 3.8) is 0 Å². The zero-order chi connectivity index (χ0) is 21.8. The Balaban J connectivity index is 1.54. The average molecular weight is 425 g/mol. The number of rotatable bonds is 8. The van der Waals surface area contributed by atoms with Crippen LogP contribution in [0.3, 0.4) is 0 Å². The van der Waals surface area contributed by atoms with Gasteiger partial charge in [-0.15, -0.1) is 5.10 Å². The molecule has 31 heavy (non-hydrogen) atoms. The summed E-state index contributed by atoms with van der Waals surface area (Å²) in [6, 6.07) is 18.7. The second-order valence-corrected chi connectivity index (χ2v) is 7.72. The van der Waals surface area contributed by atoms with E-state index >= 15 is 0 Å². The molecule has 1 fully saturated rings. The number of aliphatic hydroxyl groups is 1. The van der Waals surface area contributed by atoms with Crippen molar-refractivity contribution in [2.24, 2.45) is 0 Å². The summed E-state index contributed by atoms with van der Waals surface area (Å²) in [4.78, 5) is 0. The molecule has 8 nitrogen and oxygen atoms in total. The zero-order valence-corrected chi connectivity index (χ0v) is 17.8. The molecule has 0 bridgehead atoms. The third-order valence-corrected chi connectivity index (χ3v) is 4.80. The van der Waals surface area contributed by atoms with E-state index in [-0.39, 0.29) is 6.10 Å². The van der Waals surface area contributed by atoms with Gasteiger partial charge in [0.15, 0.2) is 5.79 Å². The Morgan fingerprint density at radius 2 is 1.84 bits per heavy atom. The van der Waals surface area contributed by atoms with E-state index in [4.69, 9.17) is 18.9 Å². The lowest BCUT2D eigenvalue weighted by Crippen LogP contribution is -2.27. The summed E-state index contributed by atoms with van der Waals surface area (Å²) in [5.74, 6) is 0.932. The maximum Gasteiger partial charge on any atom is 0.280 e. The maximum atomic E-state index is 10.5. The van der Waals surface area contributed by atoms with Crippen LogP contribution in [0.15, 0.2) is 60.7 Å². The Morgan fingerprint density at radius 1 is 1.16 bits per heavy atom. The topological polar surface area (TPSA) is 87.0 Å². The van der Waals surface area contributed by atoms with Crippen molar-refractivity contribution in [3.8, 4) is 17.3 Å². The molecule has 164 valence electrons. The lowest BCUT2D eigenvalue weighted by Gasteiger charge is -2.17. The first-order valence-corrected chi connectivity index (χ1v) is 10.2. The van der Waals surface area contributed by atoms with Gasteiger partial charge < -0.3 is 29.4 Å². The number of ether oxygens (including phenoxy) is 4. The molecular formula is C23H27N3O5. The smallest absolute Gasteiger partial charge is 0.280 e. The SMILES string of the molecule is Cc1c(OC[C@H]2COC(C)(C)O2)nn(-c2ccccc2)c1NC(O)Oc1ccccc1. The second kappa shape index (κ2) is 8.97. The molecule has 2 atom stereocenters. The molecule has 0 radical (unpaired) electrons. The molecule has 4 rings (SSSR count). The fourth-order valence-electron chi connectivity index (χ4n) is 3.33. The molecule has 1 aliphatic rings. The lowest BCUT2D eigenvalue weighted by atomic mass is 10.3. The maximum absolute atomic E-state index is 10.5. The van der Waals surface area contributed by atoms with Gasteiger partial charge in [-0.05, 0) is 45.0 Å². The molecule has 0 saturated carbocycles. The van der Waals surface area contributed by atoms with E-state index in [1.807, 2.05) is 69.3 Å². The highest BCUT2D eigenvalue weighted by Gasteiger charge is 2.33. The lowest BCUT2D eigenvalue weighted by molar-refractivity contribution is -0.141. The molecule has 8 heteroatoms. The van der Waals surface area contributed by atoms with Gasteiger partial charge in [0.2, 0.25) is 5.88 Å². The van der Waals surface area contributed by atoms with E-state index in [1.54, 1.807) is 16.8 Å². The van der Waals surface area contributed by atoms with Crippen LogP contribution in [0.2, 0.25) is 0 Å². The van der Waals surface area contributed by atoms with Crippen LogP contribution >= 0.6 is 0 Å². The Labute approximate surface area is 181 Å². The zero-order valence-electron chi connectivity index (χ0n) is 17.8. The Morgan fingerprint density at radius 3 is 2.48 bits per heavy atom. The standard InChI is InChI=1S/C23H27N3O5/c1-16-20(24-22(27)30-18-12-8-5-9-13-18)26(17-10-6-4-7-11-17)25-21(16)28-14-19-15-29-23(2,3)31-19/h4-13,19,22,24,27H,14-15H2,1-3H3/t19-,22?/m0/s1. The predicted octanol–water partition coefficient (Wildman–Crippen LogP) is 3.48. The largest absolute Gasteiger partial charge is 0.473 e. The van der Waals surface area contributed by atoms with Crippen LogP contribution in [-0.2, 0) is 9.47 Å². The van der Waals surface area contributed by atoms with E-state index < -0.39 is 12.2 Å². The van der Waals surface area contributed by atoms with Crippen LogP contribution in [0.1, 0.15) is 19.4 Å². The van der Waals surface area contributed by atoms with Crippen molar-refractivity contribution in [1.29, 1.82) is 0 Å². The number of aliphatic hydroxyl groups excluding tert-OH is 1. The van der Waals surface area contributed by atoms with E-state index in [0.717, 1.165) is 11.3 Å². The van der Waals surface area contributed by atoms with Crippen LogP contribution in [0, 0.1) is 6.92 Å². The summed E-state index contributed by atoms with van der Waals surface area (Å²) >= 11 is 0. The molecule has 2 heterocycles. The van der Waals surface area contributed by atoms with Crippen LogP contribution in [0.5, 0.6) is 11.6 Å². The molecule has 1 saturated heterocycles. The second-order valence-electron chi connectivity index (χ2n) is 7.72. The van der Waals surface area contributed by atoms with Crippen molar-refractivity contribution in [1.82, 2.24) is 9.78 Å². The molecular weight excluding hydrogens is 398 g/mol. The predicted molar refractivity (Wildman–Crippen MR) is 115 cm³/mol. The third kappa shape index (κ3) is 5.16. The van der Waals surface area contributed by atoms with Crippen molar-refractivity contribution >= 4 is 5.82 Å². The minimum Gasteiger partial charge on any atom is -0.473 e. The van der Waals surface area contributed by atoms with Gasteiger partial charge in [0.1, 0.15) is 24.3 Å². The number of para-hydroxylation sites is 2. The highest BCUT2D eigenvalue weighted by atomic mass is 16.7. The third-order valence-electron chi connectivity index (χ3n) is 4.80. The van der Waals surface area contributed by atoms with Gasteiger partial charge in [-0.25, -0.2) is 4.68 Å². The van der Waals surface area contributed by atoms with Gasteiger partial charge >= 0.3 is 0 Å². The number of benzene rings is 2. The first-order valence-electron chi connectivity index (χ1n) is 10.2. The van der Waals surface area contributed by atoms with Crippen molar-refractivity contribution < 1.29 is 24.1 Å². The Bertz CT molecular complexity index is 991. The highest BCUT2D eigenvalue weighted by Crippen LogP contribution is 2.30. The summed E-state index contributed by atoms with van der Waals surface area (Å²) in [5.41, 5.74) is 1.55. The molecule has 2 aromatic carbocycles. The Hall–Kier alpha value is -3.07. The van der Waals surface area contributed by atoms with Crippen molar-refractivity contribution in [2.45, 2.75) is 39.1 Å². The van der Waals surface area contributed by atoms with Gasteiger partial charge in [0.05, 0.1) is 17.9 Å². The fraction of sp³-hybridized carbons (Fsp3) is 0.348. The molecule has 1 unspecified atom stereocenters. The monoisotopic (exact) mass is 425 g/mol. The van der Waals surface area contributed by atoms with Crippen LogP contribution in [0.4, 0.5) is 5.82 Å². The molecule has 3 aromatic rings. The number of nitrogens with one attached hydrogen (secondary N) is 1. The summed E-state index contributed by atoms with van der Waals surface area (Å²) in [6.45, 7) is 6.38. The van der Waals surface area contributed by atoms with Crippen LogP contribution in [-0.4, -0.2) is 46.4 Å². The van der Waals surface area contributed by atoms with Gasteiger partial charge in [0, 0.05) is 0 Å².